The van der Waals surface area contributed by atoms with Gasteiger partial charge in [-0.3, -0.25) is 9.78 Å². The van der Waals surface area contributed by atoms with E-state index in [4.69, 9.17) is 11.6 Å². The van der Waals surface area contributed by atoms with Crippen LogP contribution in [0, 0.1) is 5.92 Å². The molecule has 2 rings (SSSR count). The van der Waals surface area contributed by atoms with E-state index in [-0.39, 0.29) is 22.7 Å². The van der Waals surface area contributed by atoms with Gasteiger partial charge in [-0.25, -0.2) is 4.98 Å². The molecule has 17 heavy (non-hydrogen) atoms. The van der Waals surface area contributed by atoms with Crippen LogP contribution in [0.1, 0.15) is 23.8 Å². The van der Waals surface area contributed by atoms with Crippen LogP contribution < -0.4 is 0 Å². The summed E-state index contributed by atoms with van der Waals surface area (Å²) in [6.07, 6.45) is 3.09. The number of hydrogen-bond donors (Lipinski definition) is 1. The highest BCUT2D eigenvalue weighted by Crippen LogP contribution is 2.18. The van der Waals surface area contributed by atoms with Crippen LogP contribution in [-0.4, -0.2) is 45.1 Å². The van der Waals surface area contributed by atoms with Gasteiger partial charge in [0.2, 0.25) is 0 Å². The second kappa shape index (κ2) is 4.98. The van der Waals surface area contributed by atoms with Crippen molar-refractivity contribution < 1.29 is 9.90 Å². The Morgan fingerprint density at radius 2 is 2.35 bits per heavy atom. The summed E-state index contributed by atoms with van der Waals surface area (Å²) < 4.78 is 0. The summed E-state index contributed by atoms with van der Waals surface area (Å²) in [7, 11) is 0. The number of rotatable bonds is 1. The van der Waals surface area contributed by atoms with E-state index in [0.717, 1.165) is 6.42 Å². The van der Waals surface area contributed by atoms with Crippen LogP contribution in [-0.2, 0) is 0 Å². The third kappa shape index (κ3) is 2.73. The standard InChI is InChI=1S/C11H14ClN3O2/c1-7-2-3-15(6-9(7)16)11(17)8-4-13-5-10(12)14-8/h4-5,7,9,16H,2-3,6H2,1H3. The maximum atomic E-state index is 12.1. The van der Waals surface area contributed by atoms with Gasteiger partial charge < -0.3 is 10.0 Å². The van der Waals surface area contributed by atoms with Crippen LogP contribution in [0.4, 0.5) is 0 Å². The first-order valence-corrected chi connectivity index (χ1v) is 5.90. The predicted octanol–water partition coefficient (Wildman–Crippen LogP) is 0.973. The highest BCUT2D eigenvalue weighted by molar-refractivity contribution is 6.29. The first-order chi connectivity index (χ1) is 8.08. The number of nitrogens with zero attached hydrogens (tertiary/aromatic N) is 3. The minimum atomic E-state index is -0.472. The maximum absolute atomic E-state index is 12.1. The third-order valence-electron chi connectivity index (χ3n) is 3.03. The lowest BCUT2D eigenvalue weighted by Gasteiger charge is -2.33. The Hall–Kier alpha value is -1.20. The van der Waals surface area contributed by atoms with Gasteiger partial charge in [0, 0.05) is 13.1 Å². The number of halogens is 1. The van der Waals surface area contributed by atoms with Crippen LogP contribution in [0.15, 0.2) is 12.4 Å². The number of aromatic nitrogens is 2. The summed E-state index contributed by atoms with van der Waals surface area (Å²) in [5, 5.41) is 9.94. The SMILES string of the molecule is CC1CCN(C(=O)c2cncc(Cl)n2)CC1O. The Morgan fingerprint density at radius 1 is 1.59 bits per heavy atom. The molecule has 2 atom stereocenters. The maximum Gasteiger partial charge on any atom is 0.274 e. The van der Waals surface area contributed by atoms with E-state index in [1.54, 1.807) is 4.90 Å². The highest BCUT2D eigenvalue weighted by atomic mass is 35.5. The zero-order valence-electron chi connectivity index (χ0n) is 9.51. The predicted molar refractivity (Wildman–Crippen MR) is 62.7 cm³/mol. The Bertz CT molecular complexity index is 427. The first kappa shape index (κ1) is 12.3. The molecule has 1 fully saturated rings. The molecule has 1 aliphatic rings. The van der Waals surface area contributed by atoms with Crippen molar-refractivity contribution in [3.8, 4) is 0 Å². The molecule has 1 saturated heterocycles. The van der Waals surface area contributed by atoms with Gasteiger partial charge in [-0.1, -0.05) is 18.5 Å². The average Bonchev–Trinajstić information content (AvgIpc) is 2.32. The zero-order valence-corrected chi connectivity index (χ0v) is 10.3. The number of aliphatic hydroxyl groups is 1. The lowest BCUT2D eigenvalue weighted by molar-refractivity contribution is 0.0245. The number of β-amino-alcohol motifs (C(OH)–C–C–N with tert-alkyl or cyclic N) is 1. The molecule has 1 amide bonds. The molecule has 0 aliphatic carbocycles. The number of carbonyl (C=O) groups is 1. The number of hydrogen-bond acceptors (Lipinski definition) is 4. The second-order valence-electron chi connectivity index (χ2n) is 4.31. The summed E-state index contributed by atoms with van der Waals surface area (Å²) in [5.74, 6) is -0.00422. The Morgan fingerprint density at radius 3 is 3.00 bits per heavy atom. The molecule has 2 unspecified atom stereocenters. The molecule has 6 heteroatoms. The third-order valence-corrected chi connectivity index (χ3v) is 3.21. The lowest BCUT2D eigenvalue weighted by atomic mass is 9.96. The monoisotopic (exact) mass is 255 g/mol. The van der Waals surface area contributed by atoms with Crippen molar-refractivity contribution in [2.24, 2.45) is 5.92 Å². The van der Waals surface area contributed by atoms with E-state index < -0.39 is 6.10 Å². The van der Waals surface area contributed by atoms with E-state index >= 15 is 0 Å². The molecular formula is C11H14ClN3O2. The first-order valence-electron chi connectivity index (χ1n) is 5.53. The van der Waals surface area contributed by atoms with E-state index in [1.807, 2.05) is 6.92 Å². The van der Waals surface area contributed by atoms with E-state index in [2.05, 4.69) is 9.97 Å². The Balaban J connectivity index is 2.10. The molecule has 0 radical (unpaired) electrons. The van der Waals surface area contributed by atoms with Crippen molar-refractivity contribution in [3.63, 3.8) is 0 Å². The number of amides is 1. The topological polar surface area (TPSA) is 66.3 Å². The molecule has 1 N–H and O–H groups in total. The van der Waals surface area contributed by atoms with Crippen LogP contribution in [0.3, 0.4) is 0 Å². The van der Waals surface area contributed by atoms with Gasteiger partial charge in [0.05, 0.1) is 18.5 Å². The largest absolute Gasteiger partial charge is 0.391 e. The normalized spacial score (nSPS) is 24.8. The van der Waals surface area contributed by atoms with Crippen LogP contribution in [0.5, 0.6) is 0 Å². The summed E-state index contributed by atoms with van der Waals surface area (Å²) in [6, 6.07) is 0. The summed E-state index contributed by atoms with van der Waals surface area (Å²) in [4.78, 5) is 21.4. The van der Waals surface area contributed by atoms with Gasteiger partial charge in [-0.05, 0) is 12.3 Å². The van der Waals surface area contributed by atoms with Crippen LogP contribution in [0.25, 0.3) is 0 Å². The fourth-order valence-electron chi connectivity index (χ4n) is 1.84. The van der Waals surface area contributed by atoms with Crippen LogP contribution in [0.2, 0.25) is 5.15 Å². The Labute approximate surface area is 104 Å². The highest BCUT2D eigenvalue weighted by Gasteiger charge is 2.28. The zero-order chi connectivity index (χ0) is 12.4. The molecule has 1 aliphatic heterocycles. The van der Waals surface area contributed by atoms with Crippen molar-refractivity contribution in [3.05, 3.63) is 23.2 Å². The lowest BCUT2D eigenvalue weighted by Crippen LogP contribution is -2.46. The molecule has 0 saturated carbocycles. The molecule has 0 aromatic carbocycles. The average molecular weight is 256 g/mol. The number of piperidine rings is 1. The van der Waals surface area contributed by atoms with Crippen molar-refractivity contribution in [2.45, 2.75) is 19.4 Å². The fourth-order valence-corrected chi connectivity index (χ4v) is 1.99. The quantitative estimate of drug-likeness (QED) is 0.812. The van der Waals surface area contributed by atoms with Gasteiger partial charge in [0.1, 0.15) is 10.8 Å². The molecule has 2 heterocycles. The summed E-state index contributed by atoms with van der Waals surface area (Å²) in [6.45, 7) is 2.95. The summed E-state index contributed by atoms with van der Waals surface area (Å²) >= 11 is 5.69. The minimum Gasteiger partial charge on any atom is -0.391 e. The second-order valence-corrected chi connectivity index (χ2v) is 4.70. The summed E-state index contributed by atoms with van der Waals surface area (Å²) in [5.41, 5.74) is 0.222. The number of likely N-dealkylation sites (tertiary alicyclic amines) is 1. The van der Waals surface area contributed by atoms with Gasteiger partial charge in [0.25, 0.3) is 5.91 Å². The molecule has 0 spiro atoms. The van der Waals surface area contributed by atoms with Gasteiger partial charge >= 0.3 is 0 Å². The van der Waals surface area contributed by atoms with Crippen LogP contribution >= 0.6 is 11.6 Å². The molecule has 1 aromatic rings. The van der Waals surface area contributed by atoms with Crippen molar-refractivity contribution in [1.82, 2.24) is 14.9 Å². The van der Waals surface area contributed by atoms with Crippen molar-refractivity contribution >= 4 is 17.5 Å². The van der Waals surface area contributed by atoms with Gasteiger partial charge in [-0.15, -0.1) is 0 Å². The van der Waals surface area contributed by atoms with E-state index in [1.165, 1.54) is 12.4 Å². The van der Waals surface area contributed by atoms with E-state index in [9.17, 15) is 9.90 Å². The van der Waals surface area contributed by atoms with Crippen molar-refractivity contribution in [1.29, 1.82) is 0 Å². The number of aliphatic hydroxyl groups excluding tert-OH is 1. The van der Waals surface area contributed by atoms with Crippen molar-refractivity contribution in [2.75, 3.05) is 13.1 Å². The Kier molecular flexibility index (Phi) is 3.59. The van der Waals surface area contributed by atoms with Gasteiger partial charge in [-0.2, -0.15) is 0 Å². The van der Waals surface area contributed by atoms with E-state index in [0.29, 0.717) is 13.1 Å². The smallest absolute Gasteiger partial charge is 0.274 e. The minimum absolute atomic E-state index is 0.196. The molecule has 5 nitrogen and oxygen atoms in total. The molecule has 92 valence electrons. The fraction of sp³-hybridized carbons (Fsp3) is 0.545. The molecular weight excluding hydrogens is 242 g/mol. The molecule has 1 aromatic heterocycles. The van der Waals surface area contributed by atoms with Gasteiger partial charge in [0.15, 0.2) is 0 Å². The number of carbonyl (C=O) groups excluding carboxylic acids is 1. The molecule has 0 bridgehead atoms.